The fraction of sp³-hybridized carbons (Fsp3) is 0.478. The average molecular weight is 550 g/mol. The number of halogens is 7. The monoisotopic (exact) mass is 548 g/mol. The maximum Gasteiger partial charge on any atom is 0.398 e. The second-order valence-corrected chi connectivity index (χ2v) is 8.27. The number of fused-ring (bicyclic) bond motifs is 1. The zero-order valence-electron chi connectivity index (χ0n) is 18.4. The molecule has 1 unspecified atom stereocenters. The van der Waals surface area contributed by atoms with Crippen LogP contribution in [0.25, 0.3) is 0 Å². The molecule has 0 spiro atoms. The Balaban J connectivity index is 0.00000256. The van der Waals surface area contributed by atoms with Crippen LogP contribution in [-0.4, -0.2) is 25.9 Å². The third-order valence-electron chi connectivity index (χ3n) is 6.56. The molecule has 2 N–H and O–H groups in total. The predicted molar refractivity (Wildman–Crippen MR) is 136 cm³/mol. The Morgan fingerprint density at radius 3 is 2.36 bits per heavy atom. The molecular formula is C23H31Cl4F3N2O. The van der Waals surface area contributed by atoms with Gasteiger partial charge < -0.3 is 15.4 Å². The minimum Gasteiger partial charge on any atom is -0.496 e. The summed E-state index contributed by atoms with van der Waals surface area (Å²) in [5, 5.41) is 7.07. The van der Waals surface area contributed by atoms with E-state index >= 15 is 0 Å². The van der Waals surface area contributed by atoms with E-state index in [2.05, 4.69) is 22.8 Å². The van der Waals surface area contributed by atoms with Crippen LogP contribution in [0.1, 0.15) is 48.1 Å². The molecule has 2 aromatic carbocycles. The van der Waals surface area contributed by atoms with Crippen LogP contribution in [0.5, 0.6) is 5.75 Å². The maximum atomic E-state index is 13.8. The van der Waals surface area contributed by atoms with E-state index in [0.29, 0.717) is 24.3 Å². The first kappa shape index (κ1) is 32.1. The number of aryl methyl sites for hydroxylation is 1. The van der Waals surface area contributed by atoms with Crippen LogP contribution in [0.3, 0.4) is 0 Å². The highest BCUT2D eigenvalue weighted by Crippen LogP contribution is 2.50. The molecule has 2 aliphatic rings. The van der Waals surface area contributed by atoms with Crippen molar-refractivity contribution in [2.75, 3.05) is 13.7 Å². The van der Waals surface area contributed by atoms with Crippen molar-refractivity contribution in [1.29, 1.82) is 0 Å². The molecule has 10 heteroatoms. The molecule has 3 nitrogen and oxygen atoms in total. The van der Waals surface area contributed by atoms with Crippen LogP contribution in [0.4, 0.5) is 13.2 Å². The van der Waals surface area contributed by atoms with Gasteiger partial charge in [-0.3, -0.25) is 0 Å². The van der Waals surface area contributed by atoms with E-state index in [4.69, 9.17) is 4.74 Å². The van der Waals surface area contributed by atoms with Gasteiger partial charge in [0.2, 0.25) is 0 Å². The first-order chi connectivity index (χ1) is 13.8. The van der Waals surface area contributed by atoms with Gasteiger partial charge in [-0.2, -0.15) is 13.2 Å². The van der Waals surface area contributed by atoms with Gasteiger partial charge in [-0.1, -0.05) is 30.3 Å². The standard InChI is InChI=1S/C23H27F3N2O.4ClH/c1-22(23(24,25)26)10-8-16-13-20(29-2)17(12-18(16)22)14-28-19-9-11-27-21(19)15-6-4-3-5-7-15;;;;/h3-7,12-13,19,21,27-28H,8-11,14H2,1-2H3;4*1H/t19-,21-,22?;;;;/m0..../s1. The highest BCUT2D eigenvalue weighted by molar-refractivity contribution is 5.86. The molecule has 1 fully saturated rings. The fourth-order valence-electron chi connectivity index (χ4n) is 4.70. The summed E-state index contributed by atoms with van der Waals surface area (Å²) in [5.41, 5.74) is 1.35. The number of nitrogens with one attached hydrogen (secondary N) is 2. The van der Waals surface area contributed by atoms with Crippen molar-refractivity contribution in [2.24, 2.45) is 0 Å². The Morgan fingerprint density at radius 1 is 1.09 bits per heavy atom. The Bertz CT molecular complexity index is 886. The topological polar surface area (TPSA) is 33.3 Å². The van der Waals surface area contributed by atoms with Gasteiger partial charge in [0, 0.05) is 24.2 Å². The van der Waals surface area contributed by atoms with Gasteiger partial charge in [-0.25, -0.2) is 0 Å². The number of ether oxygens (including phenoxy) is 1. The van der Waals surface area contributed by atoms with Crippen molar-refractivity contribution in [3.8, 4) is 5.75 Å². The third-order valence-corrected chi connectivity index (χ3v) is 6.56. The summed E-state index contributed by atoms with van der Waals surface area (Å²) < 4.78 is 46.8. The fourth-order valence-corrected chi connectivity index (χ4v) is 4.70. The zero-order chi connectivity index (χ0) is 20.6. The summed E-state index contributed by atoms with van der Waals surface area (Å²) >= 11 is 0. The molecule has 33 heavy (non-hydrogen) atoms. The van der Waals surface area contributed by atoms with Crippen LogP contribution in [-0.2, 0) is 18.4 Å². The summed E-state index contributed by atoms with van der Waals surface area (Å²) in [7, 11) is 1.58. The van der Waals surface area contributed by atoms with Gasteiger partial charge in [0.1, 0.15) is 5.75 Å². The van der Waals surface area contributed by atoms with Gasteiger partial charge in [-0.05, 0) is 61.6 Å². The molecule has 0 radical (unpaired) electrons. The Hall–Kier alpha value is -0.890. The van der Waals surface area contributed by atoms with Gasteiger partial charge in [0.25, 0.3) is 0 Å². The van der Waals surface area contributed by atoms with Gasteiger partial charge in [0.05, 0.1) is 12.5 Å². The average Bonchev–Trinajstić information content (AvgIpc) is 3.31. The van der Waals surface area contributed by atoms with E-state index in [1.165, 1.54) is 12.5 Å². The first-order valence-electron chi connectivity index (χ1n) is 10.1. The molecule has 0 bridgehead atoms. The van der Waals surface area contributed by atoms with E-state index in [9.17, 15) is 13.2 Å². The normalized spacial score (nSPS) is 23.3. The van der Waals surface area contributed by atoms with Crippen LogP contribution in [0, 0.1) is 0 Å². The number of rotatable bonds is 5. The lowest BCUT2D eigenvalue weighted by molar-refractivity contribution is -0.184. The largest absolute Gasteiger partial charge is 0.496 e. The summed E-state index contributed by atoms with van der Waals surface area (Å²) in [4.78, 5) is 0. The van der Waals surface area contributed by atoms with Crippen molar-refractivity contribution in [2.45, 2.75) is 56.4 Å². The third kappa shape index (κ3) is 6.22. The van der Waals surface area contributed by atoms with Crippen molar-refractivity contribution in [3.05, 3.63) is 64.7 Å². The van der Waals surface area contributed by atoms with E-state index in [1.54, 1.807) is 19.2 Å². The van der Waals surface area contributed by atoms with Crippen molar-refractivity contribution >= 4 is 49.6 Å². The number of methoxy groups -OCH3 is 1. The molecule has 2 aromatic rings. The van der Waals surface area contributed by atoms with Crippen LogP contribution in [0.15, 0.2) is 42.5 Å². The molecule has 0 aromatic heterocycles. The van der Waals surface area contributed by atoms with Crippen molar-refractivity contribution < 1.29 is 17.9 Å². The van der Waals surface area contributed by atoms with E-state index in [-0.39, 0.29) is 68.1 Å². The quantitative estimate of drug-likeness (QED) is 0.456. The maximum absolute atomic E-state index is 13.8. The second kappa shape index (κ2) is 12.7. The summed E-state index contributed by atoms with van der Waals surface area (Å²) in [6, 6.07) is 14.1. The minimum absolute atomic E-state index is 0. The molecule has 1 heterocycles. The highest BCUT2D eigenvalue weighted by atomic mass is 35.5. The zero-order valence-corrected chi connectivity index (χ0v) is 21.7. The smallest absolute Gasteiger partial charge is 0.398 e. The van der Waals surface area contributed by atoms with Gasteiger partial charge in [0.15, 0.2) is 0 Å². The molecule has 1 aliphatic carbocycles. The van der Waals surface area contributed by atoms with Crippen LogP contribution >= 0.6 is 49.6 Å². The molecular weight excluding hydrogens is 519 g/mol. The van der Waals surface area contributed by atoms with Gasteiger partial charge in [-0.15, -0.1) is 49.6 Å². The van der Waals surface area contributed by atoms with Crippen LogP contribution < -0.4 is 15.4 Å². The minimum atomic E-state index is -4.26. The Kier molecular flexibility index (Phi) is 12.4. The predicted octanol–water partition coefficient (Wildman–Crippen LogP) is 6.34. The molecule has 188 valence electrons. The highest BCUT2D eigenvalue weighted by Gasteiger charge is 2.55. The number of alkyl halides is 3. The lowest BCUT2D eigenvalue weighted by Crippen LogP contribution is -2.37. The number of hydrogen-bond acceptors (Lipinski definition) is 3. The summed E-state index contributed by atoms with van der Waals surface area (Å²) in [6.45, 7) is 2.69. The lowest BCUT2D eigenvalue weighted by atomic mass is 9.82. The molecule has 1 aliphatic heterocycles. The summed E-state index contributed by atoms with van der Waals surface area (Å²) in [5.74, 6) is 0.657. The Labute approximate surface area is 218 Å². The summed E-state index contributed by atoms with van der Waals surface area (Å²) in [6.07, 6.45) is -2.77. The Morgan fingerprint density at radius 2 is 1.76 bits per heavy atom. The SMILES string of the molecule is COc1cc2c(cc1CN[C@H]1CCN[C@H]1c1ccccc1)C(C)(C(F)(F)F)CC2.Cl.Cl.Cl.Cl. The first-order valence-corrected chi connectivity index (χ1v) is 10.1. The van der Waals surface area contributed by atoms with E-state index in [1.807, 2.05) is 18.2 Å². The molecule has 4 rings (SSSR count). The molecule has 0 saturated carbocycles. The number of benzene rings is 2. The lowest BCUT2D eigenvalue weighted by Gasteiger charge is -2.29. The molecule has 1 saturated heterocycles. The van der Waals surface area contributed by atoms with E-state index < -0.39 is 11.6 Å². The van der Waals surface area contributed by atoms with Crippen molar-refractivity contribution in [1.82, 2.24) is 10.6 Å². The van der Waals surface area contributed by atoms with Crippen molar-refractivity contribution in [3.63, 3.8) is 0 Å². The van der Waals surface area contributed by atoms with Gasteiger partial charge >= 0.3 is 6.18 Å². The van der Waals surface area contributed by atoms with E-state index in [0.717, 1.165) is 24.1 Å². The molecule has 3 atom stereocenters. The van der Waals surface area contributed by atoms with Crippen LogP contribution in [0.2, 0.25) is 0 Å². The second-order valence-electron chi connectivity index (χ2n) is 8.27. The number of hydrogen-bond donors (Lipinski definition) is 2. The molecule has 0 amide bonds.